The van der Waals surface area contributed by atoms with E-state index in [0.717, 1.165) is 6.07 Å². The molecule has 0 spiro atoms. The number of para-hydroxylation sites is 1. The van der Waals surface area contributed by atoms with E-state index in [9.17, 15) is 27.2 Å². The van der Waals surface area contributed by atoms with Crippen LogP contribution in [-0.4, -0.2) is 18.4 Å². The van der Waals surface area contributed by atoms with Gasteiger partial charge in [0, 0.05) is 5.69 Å². The van der Waals surface area contributed by atoms with Crippen LogP contribution in [0.25, 0.3) is 0 Å². The molecule has 0 aliphatic carbocycles. The van der Waals surface area contributed by atoms with Gasteiger partial charge >= 0.3 is 0 Å². The van der Waals surface area contributed by atoms with Crippen molar-refractivity contribution in [2.24, 2.45) is 0 Å². The van der Waals surface area contributed by atoms with E-state index in [1.165, 1.54) is 30.3 Å². The van der Waals surface area contributed by atoms with E-state index >= 15 is 0 Å². The van der Waals surface area contributed by atoms with Gasteiger partial charge in [-0.25, -0.2) is 17.6 Å². The molecule has 3 rings (SSSR count). The average Bonchev–Trinajstić information content (AvgIpc) is 2.74. The molecule has 0 atom stereocenters. The summed E-state index contributed by atoms with van der Waals surface area (Å²) in [6.45, 7) is -0.540. The van der Waals surface area contributed by atoms with Crippen LogP contribution in [0, 0.1) is 23.3 Å². The smallest absolute Gasteiger partial charge is 0.253 e. The fourth-order valence-corrected chi connectivity index (χ4v) is 2.55. The average molecular weight is 417 g/mol. The summed E-state index contributed by atoms with van der Waals surface area (Å²) in [5, 5.41) is 7.39. The Morgan fingerprint density at radius 2 is 1.47 bits per heavy atom. The second kappa shape index (κ2) is 9.08. The second-order valence-electron chi connectivity index (χ2n) is 6.13. The number of rotatable bonds is 6. The van der Waals surface area contributed by atoms with Gasteiger partial charge in [0.2, 0.25) is 5.91 Å². The van der Waals surface area contributed by atoms with Crippen LogP contribution in [-0.2, 0) is 4.79 Å². The molecule has 5 nitrogen and oxygen atoms in total. The molecule has 154 valence electrons. The van der Waals surface area contributed by atoms with Crippen molar-refractivity contribution in [1.82, 2.24) is 5.32 Å². The van der Waals surface area contributed by atoms with E-state index in [4.69, 9.17) is 0 Å². The Morgan fingerprint density at radius 1 is 0.767 bits per heavy atom. The molecule has 0 aliphatic rings. The lowest BCUT2D eigenvalue weighted by molar-refractivity contribution is -0.115. The molecule has 0 saturated carbocycles. The molecule has 2 amide bonds. The molecule has 0 aliphatic heterocycles. The van der Waals surface area contributed by atoms with Crippen molar-refractivity contribution in [3.8, 4) is 0 Å². The summed E-state index contributed by atoms with van der Waals surface area (Å²) in [4.78, 5) is 24.4. The molecular formula is C21H15F4N3O2. The number of hydrogen-bond acceptors (Lipinski definition) is 3. The highest BCUT2D eigenvalue weighted by Gasteiger charge is 2.16. The molecule has 30 heavy (non-hydrogen) atoms. The Hall–Kier alpha value is -3.88. The fourth-order valence-electron chi connectivity index (χ4n) is 2.55. The summed E-state index contributed by atoms with van der Waals surface area (Å²) in [7, 11) is 0. The van der Waals surface area contributed by atoms with Gasteiger partial charge in [0.1, 0.15) is 5.82 Å². The molecule has 9 heteroatoms. The molecule has 3 aromatic carbocycles. The molecule has 0 radical (unpaired) electrons. The highest BCUT2D eigenvalue weighted by molar-refractivity contribution is 6.03. The number of nitrogens with one attached hydrogen (secondary N) is 3. The zero-order valence-corrected chi connectivity index (χ0v) is 15.3. The largest absolute Gasteiger partial charge is 0.355 e. The first-order chi connectivity index (χ1) is 14.3. The maximum Gasteiger partial charge on any atom is 0.253 e. The Labute approximate surface area is 168 Å². The zero-order valence-electron chi connectivity index (χ0n) is 15.3. The van der Waals surface area contributed by atoms with Crippen molar-refractivity contribution in [1.29, 1.82) is 0 Å². The van der Waals surface area contributed by atoms with Crippen LogP contribution < -0.4 is 16.0 Å². The maximum atomic E-state index is 13.6. The van der Waals surface area contributed by atoms with Gasteiger partial charge in [-0.1, -0.05) is 12.1 Å². The standard InChI is InChI=1S/C21H15F4N3O2/c22-12-5-7-13(8-6-12)27-16-4-2-1-3-14(16)21(30)26-11-18(29)28-17-10-9-15(23)19(24)20(17)25/h1-10,27H,11H2,(H,26,30)(H,28,29). The van der Waals surface area contributed by atoms with E-state index in [0.29, 0.717) is 17.4 Å². The van der Waals surface area contributed by atoms with Gasteiger partial charge < -0.3 is 16.0 Å². The first-order valence-corrected chi connectivity index (χ1v) is 8.68. The molecule has 0 saturated heterocycles. The fraction of sp³-hybridized carbons (Fsp3) is 0.0476. The molecular weight excluding hydrogens is 402 g/mol. The van der Waals surface area contributed by atoms with Gasteiger partial charge in [-0.3, -0.25) is 9.59 Å². The summed E-state index contributed by atoms with van der Waals surface area (Å²) in [5.74, 6) is -6.49. The number of anilines is 3. The lowest BCUT2D eigenvalue weighted by atomic mass is 10.1. The monoisotopic (exact) mass is 417 g/mol. The third-order valence-corrected chi connectivity index (χ3v) is 4.01. The minimum atomic E-state index is -1.71. The van der Waals surface area contributed by atoms with Gasteiger partial charge in [0.15, 0.2) is 17.5 Å². The van der Waals surface area contributed by atoms with Crippen molar-refractivity contribution in [2.45, 2.75) is 0 Å². The summed E-state index contributed by atoms with van der Waals surface area (Å²) in [6.07, 6.45) is 0. The maximum absolute atomic E-state index is 13.6. The van der Waals surface area contributed by atoms with Gasteiger partial charge in [0.25, 0.3) is 5.91 Å². The van der Waals surface area contributed by atoms with Gasteiger partial charge in [-0.15, -0.1) is 0 Å². The van der Waals surface area contributed by atoms with E-state index in [2.05, 4.69) is 16.0 Å². The van der Waals surface area contributed by atoms with Gasteiger partial charge in [-0.05, 0) is 48.5 Å². The third kappa shape index (κ3) is 4.93. The van der Waals surface area contributed by atoms with E-state index < -0.39 is 47.3 Å². The van der Waals surface area contributed by atoms with Crippen LogP contribution in [0.15, 0.2) is 60.7 Å². The first-order valence-electron chi connectivity index (χ1n) is 8.68. The Balaban J connectivity index is 1.64. The summed E-state index contributed by atoms with van der Waals surface area (Å²) in [6, 6.07) is 13.5. The van der Waals surface area contributed by atoms with Crippen LogP contribution >= 0.6 is 0 Å². The summed E-state index contributed by atoms with van der Waals surface area (Å²) in [5.41, 5.74) is 0.608. The number of benzene rings is 3. The highest BCUT2D eigenvalue weighted by Crippen LogP contribution is 2.21. The van der Waals surface area contributed by atoms with Crippen molar-refractivity contribution < 1.29 is 27.2 Å². The van der Waals surface area contributed by atoms with E-state index in [1.54, 1.807) is 18.2 Å². The number of carbonyl (C=O) groups is 2. The topological polar surface area (TPSA) is 70.2 Å². The first kappa shape index (κ1) is 20.8. The molecule has 0 fully saturated rings. The quantitative estimate of drug-likeness (QED) is 0.413. The highest BCUT2D eigenvalue weighted by atomic mass is 19.2. The summed E-state index contributed by atoms with van der Waals surface area (Å²) >= 11 is 0. The van der Waals surface area contributed by atoms with Crippen molar-refractivity contribution >= 4 is 28.9 Å². The lowest BCUT2D eigenvalue weighted by Gasteiger charge is -2.13. The predicted molar refractivity (Wildman–Crippen MR) is 103 cm³/mol. The number of halogens is 4. The van der Waals surface area contributed by atoms with Crippen molar-refractivity contribution in [2.75, 3.05) is 17.2 Å². The van der Waals surface area contributed by atoms with Crippen molar-refractivity contribution in [3.63, 3.8) is 0 Å². The minimum absolute atomic E-state index is 0.202. The van der Waals surface area contributed by atoms with E-state index in [1.807, 2.05) is 0 Å². The molecule has 0 unspecified atom stereocenters. The Kier molecular flexibility index (Phi) is 6.31. The van der Waals surface area contributed by atoms with Crippen LogP contribution in [0.4, 0.5) is 34.6 Å². The van der Waals surface area contributed by atoms with E-state index in [-0.39, 0.29) is 5.56 Å². The summed E-state index contributed by atoms with van der Waals surface area (Å²) < 4.78 is 52.8. The van der Waals surface area contributed by atoms with Gasteiger partial charge in [-0.2, -0.15) is 0 Å². The van der Waals surface area contributed by atoms with Crippen LogP contribution in [0.1, 0.15) is 10.4 Å². The molecule has 3 aromatic rings. The second-order valence-corrected chi connectivity index (χ2v) is 6.13. The minimum Gasteiger partial charge on any atom is -0.355 e. The lowest BCUT2D eigenvalue weighted by Crippen LogP contribution is -2.33. The molecule has 3 N–H and O–H groups in total. The predicted octanol–water partition coefficient (Wildman–Crippen LogP) is 4.36. The van der Waals surface area contributed by atoms with Crippen LogP contribution in [0.2, 0.25) is 0 Å². The van der Waals surface area contributed by atoms with Crippen LogP contribution in [0.5, 0.6) is 0 Å². The Morgan fingerprint density at radius 3 is 2.20 bits per heavy atom. The van der Waals surface area contributed by atoms with Crippen molar-refractivity contribution in [3.05, 3.63) is 89.5 Å². The number of carbonyl (C=O) groups excluding carboxylic acids is 2. The number of hydrogen-bond donors (Lipinski definition) is 3. The van der Waals surface area contributed by atoms with Crippen LogP contribution in [0.3, 0.4) is 0 Å². The molecule has 0 aromatic heterocycles. The third-order valence-electron chi connectivity index (χ3n) is 4.01. The normalized spacial score (nSPS) is 10.4. The van der Waals surface area contributed by atoms with Gasteiger partial charge in [0.05, 0.1) is 23.5 Å². The number of amides is 2. The zero-order chi connectivity index (χ0) is 21.7. The Bertz CT molecular complexity index is 1090. The SMILES string of the molecule is O=C(CNC(=O)c1ccccc1Nc1ccc(F)cc1)Nc1ccc(F)c(F)c1F. The molecule has 0 bridgehead atoms. The molecule has 0 heterocycles.